The number of ether oxygens (including phenoxy) is 2. The minimum Gasteiger partial charge on any atom is -0.497 e. The molecule has 4 aromatic rings. The van der Waals surface area contributed by atoms with E-state index in [2.05, 4.69) is 9.97 Å². The lowest BCUT2D eigenvalue weighted by molar-refractivity contribution is -0.139. The Morgan fingerprint density at radius 3 is 2.46 bits per heavy atom. The number of rotatable bonds is 6. The maximum atomic E-state index is 11.0. The van der Waals surface area contributed by atoms with E-state index in [1.54, 1.807) is 7.11 Å². The van der Waals surface area contributed by atoms with E-state index in [-0.39, 0.29) is 5.88 Å². The van der Waals surface area contributed by atoms with Crippen molar-refractivity contribution in [3.8, 4) is 34.1 Å². The Kier molecular flexibility index (Phi) is 4.63. The summed E-state index contributed by atoms with van der Waals surface area (Å²) in [6, 6.07) is 17.1. The van der Waals surface area contributed by atoms with Crippen LogP contribution in [-0.4, -0.2) is 34.8 Å². The standard InChI is InChI=1S/C21H16N2O5/c1-26-15-9-7-13(8-10-15)17-18-20(27-11-16(24)25)22-12-23-21(18)28-19(17)14-5-3-2-4-6-14/h2-10,12H,11H2,1H3,(H,24,25). The van der Waals surface area contributed by atoms with Gasteiger partial charge in [0, 0.05) is 11.1 Å². The van der Waals surface area contributed by atoms with Gasteiger partial charge in [-0.1, -0.05) is 42.5 Å². The predicted molar refractivity (Wildman–Crippen MR) is 102 cm³/mol. The van der Waals surface area contributed by atoms with Crippen molar-refractivity contribution in [3.05, 3.63) is 60.9 Å². The van der Waals surface area contributed by atoms with Crippen molar-refractivity contribution in [1.82, 2.24) is 9.97 Å². The number of aromatic nitrogens is 2. The van der Waals surface area contributed by atoms with Crippen molar-refractivity contribution in [2.75, 3.05) is 13.7 Å². The fraction of sp³-hybridized carbons (Fsp3) is 0.0952. The fourth-order valence-electron chi connectivity index (χ4n) is 2.97. The maximum Gasteiger partial charge on any atom is 0.341 e. The number of methoxy groups -OCH3 is 1. The molecule has 0 aliphatic carbocycles. The molecule has 140 valence electrons. The van der Waals surface area contributed by atoms with E-state index >= 15 is 0 Å². The molecule has 0 radical (unpaired) electrons. The van der Waals surface area contributed by atoms with Crippen molar-refractivity contribution in [2.45, 2.75) is 0 Å². The first kappa shape index (κ1) is 17.5. The molecule has 0 unspecified atom stereocenters. The number of carbonyl (C=O) groups is 1. The predicted octanol–water partition coefficient (Wildman–Crippen LogP) is 4.03. The van der Waals surface area contributed by atoms with Gasteiger partial charge in [-0.2, -0.15) is 0 Å². The first-order valence-electron chi connectivity index (χ1n) is 8.49. The maximum absolute atomic E-state index is 11.0. The normalized spacial score (nSPS) is 10.8. The largest absolute Gasteiger partial charge is 0.497 e. The lowest BCUT2D eigenvalue weighted by atomic mass is 9.99. The molecular formula is C21H16N2O5. The topological polar surface area (TPSA) is 94.7 Å². The van der Waals surface area contributed by atoms with Crippen molar-refractivity contribution in [2.24, 2.45) is 0 Å². The number of benzene rings is 2. The second kappa shape index (κ2) is 7.40. The van der Waals surface area contributed by atoms with Crippen molar-refractivity contribution >= 4 is 17.1 Å². The summed E-state index contributed by atoms with van der Waals surface area (Å²) in [6.07, 6.45) is 1.29. The highest BCUT2D eigenvalue weighted by Crippen LogP contribution is 2.43. The summed E-state index contributed by atoms with van der Waals surface area (Å²) in [7, 11) is 1.60. The van der Waals surface area contributed by atoms with Crippen LogP contribution in [0.3, 0.4) is 0 Å². The highest BCUT2D eigenvalue weighted by molar-refractivity contribution is 6.03. The highest BCUT2D eigenvalue weighted by Gasteiger charge is 2.23. The van der Waals surface area contributed by atoms with Gasteiger partial charge in [0.05, 0.1) is 7.11 Å². The van der Waals surface area contributed by atoms with E-state index in [9.17, 15) is 4.79 Å². The van der Waals surface area contributed by atoms with Crippen molar-refractivity contribution < 1.29 is 23.8 Å². The summed E-state index contributed by atoms with van der Waals surface area (Å²) < 4.78 is 16.7. The molecule has 2 heterocycles. The van der Waals surface area contributed by atoms with Crippen LogP contribution in [0.25, 0.3) is 33.6 Å². The number of nitrogens with zero attached hydrogens (tertiary/aromatic N) is 2. The van der Waals surface area contributed by atoms with Gasteiger partial charge in [0.1, 0.15) is 23.2 Å². The first-order chi connectivity index (χ1) is 13.7. The van der Waals surface area contributed by atoms with Gasteiger partial charge in [0.2, 0.25) is 11.6 Å². The van der Waals surface area contributed by atoms with Gasteiger partial charge in [-0.15, -0.1) is 0 Å². The average Bonchev–Trinajstić information content (AvgIpc) is 3.13. The van der Waals surface area contributed by atoms with Crippen LogP contribution in [0.2, 0.25) is 0 Å². The summed E-state index contributed by atoms with van der Waals surface area (Å²) in [4.78, 5) is 19.3. The minimum absolute atomic E-state index is 0.157. The van der Waals surface area contributed by atoms with Crippen LogP contribution in [0.15, 0.2) is 65.3 Å². The van der Waals surface area contributed by atoms with Crippen LogP contribution in [-0.2, 0) is 4.79 Å². The van der Waals surface area contributed by atoms with Crippen LogP contribution in [0, 0.1) is 0 Å². The Bertz CT molecular complexity index is 1120. The van der Waals surface area contributed by atoms with Gasteiger partial charge in [0.25, 0.3) is 0 Å². The minimum atomic E-state index is -1.09. The fourth-order valence-corrected chi connectivity index (χ4v) is 2.97. The number of hydrogen-bond donors (Lipinski definition) is 1. The van der Waals surface area contributed by atoms with Crippen molar-refractivity contribution in [1.29, 1.82) is 0 Å². The zero-order chi connectivity index (χ0) is 19.5. The number of fused-ring (bicyclic) bond motifs is 1. The van der Waals surface area contributed by atoms with Crippen LogP contribution >= 0.6 is 0 Å². The summed E-state index contributed by atoms with van der Waals surface area (Å²) in [5, 5.41) is 9.49. The number of hydrogen-bond acceptors (Lipinski definition) is 6. The summed E-state index contributed by atoms with van der Waals surface area (Å²) in [6.45, 7) is -0.514. The van der Waals surface area contributed by atoms with Crippen LogP contribution < -0.4 is 9.47 Å². The second-order valence-electron chi connectivity index (χ2n) is 5.94. The Morgan fingerprint density at radius 2 is 1.79 bits per heavy atom. The molecule has 0 amide bonds. The van der Waals surface area contributed by atoms with E-state index in [1.807, 2.05) is 54.6 Å². The summed E-state index contributed by atoms with van der Waals surface area (Å²) in [5.41, 5.74) is 2.74. The smallest absolute Gasteiger partial charge is 0.341 e. The van der Waals surface area contributed by atoms with E-state index < -0.39 is 12.6 Å². The van der Waals surface area contributed by atoms with Crippen LogP contribution in [0.4, 0.5) is 0 Å². The first-order valence-corrected chi connectivity index (χ1v) is 8.49. The van der Waals surface area contributed by atoms with E-state index in [0.29, 0.717) is 16.9 Å². The molecule has 28 heavy (non-hydrogen) atoms. The molecule has 0 spiro atoms. The molecule has 0 saturated heterocycles. The Labute approximate surface area is 160 Å². The molecule has 0 saturated carbocycles. The molecule has 4 rings (SSSR count). The van der Waals surface area contributed by atoms with Gasteiger partial charge < -0.3 is 19.0 Å². The lowest BCUT2D eigenvalue weighted by Gasteiger charge is -2.07. The molecule has 0 atom stereocenters. The molecule has 0 aliphatic rings. The lowest BCUT2D eigenvalue weighted by Crippen LogP contribution is -2.10. The Balaban J connectivity index is 1.97. The second-order valence-corrected chi connectivity index (χ2v) is 5.94. The molecule has 0 bridgehead atoms. The molecular weight excluding hydrogens is 360 g/mol. The van der Waals surface area contributed by atoms with Crippen LogP contribution in [0.1, 0.15) is 0 Å². The number of carboxylic acids is 1. The molecule has 2 aromatic carbocycles. The van der Waals surface area contributed by atoms with Gasteiger partial charge in [-0.05, 0) is 17.7 Å². The van der Waals surface area contributed by atoms with Gasteiger partial charge >= 0.3 is 5.97 Å². The zero-order valence-electron chi connectivity index (χ0n) is 15.0. The molecule has 7 nitrogen and oxygen atoms in total. The van der Waals surface area contributed by atoms with Crippen molar-refractivity contribution in [3.63, 3.8) is 0 Å². The quantitative estimate of drug-likeness (QED) is 0.543. The van der Waals surface area contributed by atoms with Gasteiger partial charge in [-0.3, -0.25) is 0 Å². The summed E-state index contributed by atoms with van der Waals surface area (Å²) >= 11 is 0. The SMILES string of the molecule is COc1ccc(-c2c(-c3ccccc3)oc3ncnc(OCC(=O)O)c23)cc1. The Morgan fingerprint density at radius 1 is 1.04 bits per heavy atom. The number of aliphatic carboxylic acids is 1. The van der Waals surface area contributed by atoms with E-state index in [0.717, 1.165) is 22.4 Å². The molecule has 0 fully saturated rings. The third-order valence-electron chi connectivity index (χ3n) is 4.20. The van der Waals surface area contributed by atoms with Gasteiger partial charge in [0.15, 0.2) is 6.61 Å². The summed E-state index contributed by atoms with van der Waals surface area (Å²) in [5.74, 6) is 0.381. The third-order valence-corrected chi connectivity index (χ3v) is 4.20. The zero-order valence-corrected chi connectivity index (χ0v) is 15.0. The number of carboxylic acid groups (broad SMARTS) is 1. The third kappa shape index (κ3) is 3.25. The highest BCUT2D eigenvalue weighted by atomic mass is 16.5. The van der Waals surface area contributed by atoms with E-state index in [1.165, 1.54) is 6.33 Å². The molecule has 0 aliphatic heterocycles. The molecule has 7 heteroatoms. The average molecular weight is 376 g/mol. The molecule has 2 aromatic heterocycles. The van der Waals surface area contributed by atoms with E-state index in [4.69, 9.17) is 19.0 Å². The van der Waals surface area contributed by atoms with Gasteiger partial charge in [-0.25, -0.2) is 14.8 Å². The Hall–Kier alpha value is -3.87. The van der Waals surface area contributed by atoms with Crippen LogP contribution in [0.5, 0.6) is 11.6 Å². The monoisotopic (exact) mass is 376 g/mol. The molecule has 1 N–H and O–H groups in total. The number of furan rings is 1.